The molecule has 2 aromatic rings. The van der Waals surface area contributed by atoms with E-state index in [1.807, 2.05) is 0 Å². The minimum absolute atomic E-state index is 0.137. The van der Waals surface area contributed by atoms with Gasteiger partial charge in [-0.2, -0.15) is 0 Å². The summed E-state index contributed by atoms with van der Waals surface area (Å²) in [4.78, 5) is 17.7. The monoisotopic (exact) mass is 457 g/mol. The van der Waals surface area contributed by atoms with E-state index in [-0.39, 0.29) is 5.54 Å². The first kappa shape index (κ1) is 22.3. The molecule has 1 aliphatic carbocycles. The van der Waals surface area contributed by atoms with Crippen LogP contribution in [0.1, 0.15) is 60.8 Å². The number of carbonyl (C=O) groups is 1. The Labute approximate surface area is 204 Å². The second-order valence-electron chi connectivity index (χ2n) is 11.1. The smallest absolute Gasteiger partial charge is 0.237 e. The zero-order chi connectivity index (χ0) is 23.0. The van der Waals surface area contributed by atoms with Crippen molar-refractivity contribution in [1.82, 2.24) is 15.1 Å². The van der Waals surface area contributed by atoms with Crippen LogP contribution in [0.15, 0.2) is 48.5 Å². The molecule has 0 bridgehead atoms. The lowest BCUT2D eigenvalue weighted by atomic mass is 9.63. The Hall–Kier alpha value is -2.17. The fourth-order valence-corrected chi connectivity index (χ4v) is 7.63. The third-order valence-corrected chi connectivity index (χ3v) is 9.35. The molecule has 1 atom stereocenters. The van der Waals surface area contributed by atoms with Gasteiger partial charge in [0.15, 0.2) is 0 Å². The van der Waals surface area contributed by atoms with Crippen LogP contribution in [-0.4, -0.2) is 48.4 Å². The molecule has 4 aliphatic rings. The fraction of sp³-hybridized carbons (Fsp3) is 0.567. The Morgan fingerprint density at radius 3 is 2.29 bits per heavy atom. The number of fused-ring (bicyclic) bond motifs is 2. The van der Waals surface area contributed by atoms with Gasteiger partial charge in [0.05, 0.1) is 6.54 Å². The standard InChI is InChI=1S/C30H39N3O/c34-29(33-20-14-23-7-1-2-9-25(23)21-33)22-32-18-15-27(16-19-32)30(26-10-4-5-11-26)28-12-6-3-8-24(28)13-17-31-30/h1-3,6-9,12,26-27,31H,4-5,10-11,13-22H2. The van der Waals surface area contributed by atoms with Gasteiger partial charge in [-0.15, -0.1) is 0 Å². The Kier molecular flexibility index (Phi) is 6.21. The normalized spacial score (nSPS) is 26.3. The lowest BCUT2D eigenvalue weighted by molar-refractivity contribution is -0.133. The van der Waals surface area contributed by atoms with Gasteiger partial charge < -0.3 is 10.2 Å². The van der Waals surface area contributed by atoms with Crippen LogP contribution in [0.3, 0.4) is 0 Å². The van der Waals surface area contributed by atoms with Crippen molar-refractivity contribution < 1.29 is 4.79 Å². The molecule has 0 radical (unpaired) electrons. The SMILES string of the molecule is O=C(CN1CCC(C2(C3CCCC3)NCCc3ccccc32)CC1)N1CCc2ccccc2C1. The summed E-state index contributed by atoms with van der Waals surface area (Å²) in [6.45, 7) is 5.39. The maximum atomic E-state index is 13.2. The summed E-state index contributed by atoms with van der Waals surface area (Å²) in [5.74, 6) is 1.71. The van der Waals surface area contributed by atoms with E-state index in [1.54, 1.807) is 11.1 Å². The van der Waals surface area contributed by atoms with Crippen molar-refractivity contribution >= 4 is 5.91 Å². The number of carbonyl (C=O) groups excluding carboxylic acids is 1. The molecular weight excluding hydrogens is 418 g/mol. The van der Waals surface area contributed by atoms with Gasteiger partial charge in [-0.05, 0) is 85.7 Å². The molecule has 2 aromatic carbocycles. The molecule has 1 unspecified atom stereocenters. The minimum atomic E-state index is 0.137. The number of benzene rings is 2. The molecule has 1 amide bonds. The van der Waals surface area contributed by atoms with Crippen molar-refractivity contribution in [3.05, 3.63) is 70.8 Å². The van der Waals surface area contributed by atoms with Gasteiger partial charge in [0.1, 0.15) is 0 Å². The summed E-state index contributed by atoms with van der Waals surface area (Å²) in [6, 6.07) is 17.8. The van der Waals surface area contributed by atoms with Crippen LogP contribution < -0.4 is 5.32 Å². The van der Waals surface area contributed by atoms with Crippen LogP contribution in [0.25, 0.3) is 0 Å². The van der Waals surface area contributed by atoms with Crippen molar-refractivity contribution in [3.8, 4) is 0 Å². The first-order valence-corrected chi connectivity index (χ1v) is 13.6. The maximum Gasteiger partial charge on any atom is 0.237 e. The number of hydrogen-bond acceptors (Lipinski definition) is 3. The number of nitrogens with zero attached hydrogens (tertiary/aromatic N) is 2. The highest BCUT2D eigenvalue weighted by Crippen LogP contribution is 2.50. The van der Waals surface area contributed by atoms with E-state index in [2.05, 4.69) is 63.6 Å². The number of likely N-dealkylation sites (tertiary alicyclic amines) is 1. The summed E-state index contributed by atoms with van der Waals surface area (Å²) < 4.78 is 0. The summed E-state index contributed by atoms with van der Waals surface area (Å²) in [5, 5.41) is 4.12. The van der Waals surface area contributed by atoms with Crippen molar-refractivity contribution in [2.45, 2.75) is 63.5 Å². The first-order valence-electron chi connectivity index (χ1n) is 13.6. The molecule has 180 valence electrons. The highest BCUT2D eigenvalue weighted by molar-refractivity contribution is 5.78. The van der Waals surface area contributed by atoms with Crippen LogP contribution in [-0.2, 0) is 29.7 Å². The molecule has 6 rings (SSSR count). The van der Waals surface area contributed by atoms with Crippen LogP contribution in [0.5, 0.6) is 0 Å². The lowest BCUT2D eigenvalue weighted by Crippen LogP contribution is -2.59. The Balaban J connectivity index is 1.14. The second-order valence-corrected chi connectivity index (χ2v) is 11.1. The minimum Gasteiger partial charge on any atom is -0.337 e. The van der Waals surface area contributed by atoms with E-state index in [9.17, 15) is 4.79 Å². The van der Waals surface area contributed by atoms with Gasteiger partial charge >= 0.3 is 0 Å². The first-order chi connectivity index (χ1) is 16.7. The number of nitrogens with one attached hydrogen (secondary N) is 1. The Morgan fingerprint density at radius 1 is 0.824 bits per heavy atom. The molecule has 0 aromatic heterocycles. The quantitative estimate of drug-likeness (QED) is 0.734. The van der Waals surface area contributed by atoms with E-state index >= 15 is 0 Å². The van der Waals surface area contributed by atoms with Crippen molar-refractivity contribution in [2.24, 2.45) is 11.8 Å². The number of amides is 1. The molecule has 2 fully saturated rings. The summed E-state index contributed by atoms with van der Waals surface area (Å²) >= 11 is 0. The molecule has 4 heteroatoms. The van der Waals surface area contributed by atoms with Crippen LogP contribution in [0, 0.1) is 11.8 Å². The third kappa shape index (κ3) is 3.99. The molecule has 0 spiro atoms. The van der Waals surface area contributed by atoms with Gasteiger partial charge in [0, 0.05) is 25.2 Å². The summed E-state index contributed by atoms with van der Waals surface area (Å²) in [6.07, 6.45) is 9.98. The molecule has 3 aliphatic heterocycles. The average Bonchev–Trinajstić information content (AvgIpc) is 3.44. The van der Waals surface area contributed by atoms with Gasteiger partial charge in [-0.1, -0.05) is 61.4 Å². The Morgan fingerprint density at radius 2 is 1.50 bits per heavy atom. The largest absolute Gasteiger partial charge is 0.337 e. The zero-order valence-electron chi connectivity index (χ0n) is 20.5. The predicted molar refractivity (Wildman–Crippen MR) is 137 cm³/mol. The van der Waals surface area contributed by atoms with Gasteiger partial charge in [0.2, 0.25) is 5.91 Å². The lowest BCUT2D eigenvalue weighted by Gasteiger charge is -2.52. The maximum absolute atomic E-state index is 13.2. The molecule has 3 heterocycles. The van der Waals surface area contributed by atoms with Crippen LogP contribution in [0.4, 0.5) is 0 Å². The van der Waals surface area contributed by atoms with Gasteiger partial charge in [0.25, 0.3) is 0 Å². The topological polar surface area (TPSA) is 35.6 Å². The summed E-state index contributed by atoms with van der Waals surface area (Å²) in [7, 11) is 0. The van der Waals surface area contributed by atoms with Crippen molar-refractivity contribution in [3.63, 3.8) is 0 Å². The zero-order valence-corrected chi connectivity index (χ0v) is 20.5. The van der Waals surface area contributed by atoms with E-state index < -0.39 is 0 Å². The average molecular weight is 458 g/mol. The fourth-order valence-electron chi connectivity index (χ4n) is 7.63. The number of piperidine rings is 1. The van der Waals surface area contributed by atoms with Crippen molar-refractivity contribution in [1.29, 1.82) is 0 Å². The second kappa shape index (κ2) is 9.47. The molecule has 4 nitrogen and oxygen atoms in total. The van der Waals surface area contributed by atoms with Crippen molar-refractivity contribution in [2.75, 3.05) is 32.7 Å². The van der Waals surface area contributed by atoms with Crippen LogP contribution in [0.2, 0.25) is 0 Å². The molecule has 1 saturated heterocycles. The molecule has 1 N–H and O–H groups in total. The molecular formula is C30H39N3O. The highest BCUT2D eigenvalue weighted by Gasteiger charge is 2.49. The van der Waals surface area contributed by atoms with Gasteiger partial charge in [-0.3, -0.25) is 9.69 Å². The third-order valence-electron chi connectivity index (χ3n) is 9.35. The van der Waals surface area contributed by atoms with Crippen LogP contribution >= 0.6 is 0 Å². The van der Waals surface area contributed by atoms with E-state index in [0.717, 1.165) is 51.5 Å². The Bertz CT molecular complexity index is 1020. The highest BCUT2D eigenvalue weighted by atomic mass is 16.2. The predicted octanol–water partition coefficient (Wildman–Crippen LogP) is 4.51. The number of rotatable bonds is 4. The van der Waals surface area contributed by atoms with E-state index in [1.165, 1.54) is 49.7 Å². The van der Waals surface area contributed by atoms with Gasteiger partial charge in [-0.25, -0.2) is 0 Å². The molecule has 34 heavy (non-hydrogen) atoms. The number of hydrogen-bond donors (Lipinski definition) is 1. The molecule has 1 saturated carbocycles. The van der Waals surface area contributed by atoms with E-state index in [4.69, 9.17) is 0 Å². The van der Waals surface area contributed by atoms with E-state index in [0.29, 0.717) is 18.4 Å². The summed E-state index contributed by atoms with van der Waals surface area (Å²) in [5.41, 5.74) is 6.02.